The number of hydrogen-bond acceptors (Lipinski definition) is 9. The lowest BCUT2D eigenvalue weighted by molar-refractivity contribution is -0.185. The second-order valence-corrected chi connectivity index (χ2v) is 28.6. The van der Waals surface area contributed by atoms with Crippen LogP contribution in [0.3, 0.4) is 0 Å². The average molecular weight is 1200 g/mol. The van der Waals surface area contributed by atoms with Crippen LogP contribution in [0.4, 0.5) is 0 Å². The molecule has 9 fully saturated rings. The largest absolute Gasteiger partial charge is 0.393 e. The normalized spacial score (nSPS) is 29.0. The fourth-order valence-electron chi connectivity index (χ4n) is 13.4. The summed E-state index contributed by atoms with van der Waals surface area (Å²) in [5.74, 6) is 10.9. The van der Waals surface area contributed by atoms with Gasteiger partial charge in [-0.1, -0.05) is 203 Å². The molecule has 5 heterocycles. The monoisotopic (exact) mass is 1200 g/mol. The van der Waals surface area contributed by atoms with Crippen LogP contribution in [-0.2, 0) is 23.7 Å². The molecule has 10 unspecified atom stereocenters. The highest BCUT2D eigenvalue weighted by molar-refractivity contribution is 4.98. The molecule has 5 aliphatic heterocycles. The standard InChI is InChI=1S/C10H20O.C9H16O.C9H18O.C8H16O2.2C8H16O.2C7H14O.8CH4/c1-8(2)9-5-6-11-7-10(9,3)4;1-7(2)8-3-9(4-8)5-10-6-9;1-7(2)8-5-3-4-6-9(8)10;1-6(2)7-3-4-10-5-8(7)9;1-7(2)8-3-5-9-6-4-8;1-6(2)7-4-3-5-8(7)9;1-6(2)7-4-3-5-8-7;1-5(2)6-3-4-7(6)8;;;;;;;;/h8-9H,5-7H2,1-4H3;7-8H,3-6H2,1-2H3;7-10H,3-6H2,1-2H3;6-9H,3-5H2,1-2H3;7-8H,3-6H2,1-2H3;6-9H,3-5H2,1-2H3;6-7H,3-5H2,1-2H3;5-8H,3-4H2,1-2H3;8*1H4. The van der Waals surface area contributed by atoms with E-state index in [2.05, 4.69) is 125 Å². The summed E-state index contributed by atoms with van der Waals surface area (Å²) >= 11 is 0. The fraction of sp³-hybridized carbons (Fsp3) is 1.00. The molecule has 1 spiro atoms. The zero-order valence-electron chi connectivity index (χ0n) is 52.8. The van der Waals surface area contributed by atoms with E-state index in [4.69, 9.17) is 28.8 Å². The maximum atomic E-state index is 9.54. The molecule has 5 saturated heterocycles. The van der Waals surface area contributed by atoms with Gasteiger partial charge in [0, 0.05) is 38.4 Å². The van der Waals surface area contributed by atoms with Gasteiger partial charge in [0.25, 0.3) is 0 Å². The average Bonchev–Trinajstić information content (AvgIpc) is 4.02. The van der Waals surface area contributed by atoms with Gasteiger partial charge in [0.1, 0.15) is 0 Å². The van der Waals surface area contributed by atoms with E-state index in [1.165, 1.54) is 83.5 Å². The number of aliphatic hydroxyl groups excluding tert-OH is 4. The fourth-order valence-corrected chi connectivity index (χ4v) is 13.4. The molecule has 0 aromatic carbocycles. The SMILES string of the molecule is C.C.C.C.C.C.C.C.CC(C)C1CC2(COC2)C1.CC(C)C1CCC1O.CC(C)C1CCCC1O.CC(C)C1CCCCC1O.CC(C)C1CCCO1.CC(C)C1CCOCC1.CC(C)C1CCOCC1(C)C.CC(C)C1CCOCC1O. The first-order chi connectivity index (χ1) is 35.2. The van der Waals surface area contributed by atoms with Crippen LogP contribution < -0.4 is 0 Å². The summed E-state index contributed by atoms with van der Waals surface area (Å²) in [7, 11) is 0. The van der Waals surface area contributed by atoms with Gasteiger partial charge in [0.05, 0.1) is 56.9 Å². The smallest absolute Gasteiger partial charge is 0.0805 e. The van der Waals surface area contributed by atoms with E-state index in [1.807, 2.05) is 0 Å². The lowest BCUT2D eigenvalue weighted by Gasteiger charge is -2.54. The summed E-state index contributed by atoms with van der Waals surface area (Å²) in [5.41, 5.74) is 1.07. The second kappa shape index (κ2) is 50.4. The molecular weight excluding hydrogens is 1030 g/mol. The molecule has 512 valence electrons. The van der Waals surface area contributed by atoms with Gasteiger partial charge in [-0.2, -0.15) is 0 Å². The lowest BCUT2D eigenvalue weighted by atomic mass is 9.58. The van der Waals surface area contributed by atoms with Crippen LogP contribution in [0.5, 0.6) is 0 Å². The maximum absolute atomic E-state index is 9.54. The molecule has 4 N–H and O–H groups in total. The minimum Gasteiger partial charge on any atom is -0.393 e. The lowest BCUT2D eigenvalue weighted by Crippen LogP contribution is -2.53. The first kappa shape index (κ1) is 96.3. The summed E-state index contributed by atoms with van der Waals surface area (Å²) in [5, 5.41) is 37.4. The van der Waals surface area contributed by atoms with E-state index < -0.39 is 0 Å². The summed E-state index contributed by atoms with van der Waals surface area (Å²) < 4.78 is 26.4. The van der Waals surface area contributed by atoms with Crippen LogP contribution in [0, 0.1) is 99.6 Å². The van der Waals surface area contributed by atoms with E-state index in [0.29, 0.717) is 70.9 Å². The minimum atomic E-state index is -0.228. The molecule has 9 nitrogen and oxygen atoms in total. The number of rotatable bonds is 8. The Morgan fingerprint density at radius 1 is 0.325 bits per heavy atom. The molecule has 0 radical (unpaired) electrons. The summed E-state index contributed by atoms with van der Waals surface area (Å²) in [6.45, 7) is 48.7. The molecule has 4 aliphatic carbocycles. The Labute approximate surface area is 524 Å². The number of ether oxygens (including phenoxy) is 5. The topological polar surface area (TPSA) is 127 Å². The maximum Gasteiger partial charge on any atom is 0.0805 e. The van der Waals surface area contributed by atoms with Crippen molar-refractivity contribution in [3.8, 4) is 0 Å². The Kier molecular flexibility index (Phi) is 58.5. The van der Waals surface area contributed by atoms with Gasteiger partial charge in [-0.3, -0.25) is 0 Å². The third kappa shape index (κ3) is 36.2. The van der Waals surface area contributed by atoms with Crippen molar-refractivity contribution >= 4 is 0 Å². The molecule has 10 atom stereocenters. The van der Waals surface area contributed by atoms with Gasteiger partial charge in [-0.05, 0) is 184 Å². The van der Waals surface area contributed by atoms with Crippen LogP contribution in [0.15, 0.2) is 0 Å². The van der Waals surface area contributed by atoms with Gasteiger partial charge < -0.3 is 44.1 Å². The van der Waals surface area contributed by atoms with Crippen molar-refractivity contribution in [1.29, 1.82) is 0 Å². The van der Waals surface area contributed by atoms with Crippen molar-refractivity contribution in [3.63, 3.8) is 0 Å². The zero-order chi connectivity index (χ0) is 56.5. The van der Waals surface area contributed by atoms with Gasteiger partial charge in [-0.25, -0.2) is 0 Å². The molecule has 4 saturated carbocycles. The van der Waals surface area contributed by atoms with Crippen molar-refractivity contribution in [2.45, 2.75) is 324 Å². The summed E-state index contributed by atoms with van der Waals surface area (Å²) in [6, 6.07) is 0. The van der Waals surface area contributed by atoms with Gasteiger partial charge in [0.15, 0.2) is 0 Å². The predicted molar refractivity (Wildman–Crippen MR) is 369 cm³/mol. The molecule has 0 aromatic heterocycles. The molecule has 0 bridgehead atoms. The molecule has 83 heavy (non-hydrogen) atoms. The first-order valence-corrected chi connectivity index (χ1v) is 31.9. The Hall–Kier alpha value is -0.360. The first-order valence-electron chi connectivity index (χ1n) is 31.9. The Morgan fingerprint density at radius 2 is 0.747 bits per heavy atom. The molecule has 9 heteroatoms. The second-order valence-electron chi connectivity index (χ2n) is 28.6. The highest BCUT2D eigenvalue weighted by Crippen LogP contribution is 2.53. The van der Waals surface area contributed by atoms with Crippen LogP contribution in [-0.4, -0.2) is 110 Å². The Bertz CT molecular complexity index is 1330. The van der Waals surface area contributed by atoms with Gasteiger partial charge in [-0.15, -0.1) is 0 Å². The summed E-state index contributed by atoms with van der Waals surface area (Å²) in [6.07, 6.45) is 21.1. The molecule has 0 aromatic rings. The van der Waals surface area contributed by atoms with Crippen molar-refractivity contribution in [3.05, 3.63) is 0 Å². The zero-order valence-corrected chi connectivity index (χ0v) is 52.8. The van der Waals surface area contributed by atoms with E-state index in [1.54, 1.807) is 0 Å². The molecular formula is C74H162O9. The minimum absolute atomic E-state index is 0. The highest BCUT2D eigenvalue weighted by Gasteiger charge is 2.50. The molecule has 0 amide bonds. The van der Waals surface area contributed by atoms with Crippen LogP contribution >= 0.6 is 0 Å². The summed E-state index contributed by atoms with van der Waals surface area (Å²) in [4.78, 5) is 0. The van der Waals surface area contributed by atoms with Gasteiger partial charge >= 0.3 is 0 Å². The van der Waals surface area contributed by atoms with E-state index >= 15 is 0 Å². The van der Waals surface area contributed by atoms with Crippen LogP contribution in [0.1, 0.15) is 293 Å². The van der Waals surface area contributed by atoms with Gasteiger partial charge in [0.2, 0.25) is 0 Å². The van der Waals surface area contributed by atoms with Crippen LogP contribution in [0.2, 0.25) is 0 Å². The number of aliphatic hydroxyl groups is 4. The predicted octanol–water partition coefficient (Wildman–Crippen LogP) is 20.2. The highest BCUT2D eigenvalue weighted by atomic mass is 16.5. The third-order valence-corrected chi connectivity index (χ3v) is 19.3. The van der Waals surface area contributed by atoms with Crippen molar-refractivity contribution < 1.29 is 44.1 Å². The third-order valence-electron chi connectivity index (χ3n) is 19.3. The van der Waals surface area contributed by atoms with Crippen LogP contribution in [0.25, 0.3) is 0 Å². The quantitative estimate of drug-likeness (QED) is 0.188. The molecule has 9 aliphatic rings. The van der Waals surface area contributed by atoms with E-state index in [0.717, 1.165) is 120 Å². The van der Waals surface area contributed by atoms with E-state index in [9.17, 15) is 15.3 Å². The number of hydrogen-bond donors (Lipinski definition) is 4. The van der Waals surface area contributed by atoms with Crippen molar-refractivity contribution in [2.24, 2.45) is 99.6 Å². The van der Waals surface area contributed by atoms with E-state index in [-0.39, 0.29) is 83.8 Å². The Morgan fingerprint density at radius 3 is 1.01 bits per heavy atom. The Balaban J connectivity index is -0.000000157. The van der Waals surface area contributed by atoms with Crippen molar-refractivity contribution in [2.75, 3.05) is 59.5 Å². The van der Waals surface area contributed by atoms with Crippen molar-refractivity contribution in [1.82, 2.24) is 0 Å². The molecule has 9 rings (SSSR count).